The Morgan fingerprint density at radius 3 is 2.94 bits per heavy atom. The van der Waals surface area contributed by atoms with E-state index >= 15 is 0 Å². The van der Waals surface area contributed by atoms with Gasteiger partial charge in [0, 0.05) is 37.4 Å². The normalized spacial score (nSPS) is 11.0. The minimum Gasteiger partial charge on any atom is -0.497 e. The van der Waals surface area contributed by atoms with Crippen molar-refractivity contribution in [3.05, 3.63) is 30.0 Å². The van der Waals surface area contributed by atoms with Crippen molar-refractivity contribution in [1.29, 1.82) is 0 Å². The summed E-state index contributed by atoms with van der Waals surface area (Å²) in [5, 5.41) is 4.63. The molecule has 0 saturated heterocycles. The number of benzene rings is 1. The lowest BCUT2D eigenvalue weighted by atomic mass is 10.1. The van der Waals surface area contributed by atoms with E-state index in [0.29, 0.717) is 0 Å². The maximum atomic E-state index is 5.25. The van der Waals surface area contributed by atoms with Crippen molar-refractivity contribution in [2.24, 2.45) is 0 Å². The van der Waals surface area contributed by atoms with Gasteiger partial charge in [-0.25, -0.2) is 0 Å². The average molecular weight is 248 g/mol. The maximum absolute atomic E-state index is 5.25. The molecule has 18 heavy (non-hydrogen) atoms. The molecule has 0 saturated carbocycles. The second kappa shape index (κ2) is 6.42. The second-order valence-corrected chi connectivity index (χ2v) is 4.25. The van der Waals surface area contributed by atoms with Crippen LogP contribution in [0.2, 0.25) is 0 Å². The van der Waals surface area contributed by atoms with E-state index in [1.165, 1.54) is 10.9 Å². The van der Waals surface area contributed by atoms with Gasteiger partial charge in [-0.15, -0.1) is 0 Å². The Balaban J connectivity index is 1.99. The molecule has 1 heterocycles. The molecule has 0 aliphatic rings. The molecule has 4 nitrogen and oxygen atoms in total. The first-order chi connectivity index (χ1) is 8.85. The van der Waals surface area contributed by atoms with Crippen LogP contribution >= 0.6 is 0 Å². The maximum Gasteiger partial charge on any atom is 0.119 e. The third-order valence-corrected chi connectivity index (χ3v) is 2.99. The molecule has 2 aromatic rings. The summed E-state index contributed by atoms with van der Waals surface area (Å²) in [5.41, 5.74) is 2.41. The molecule has 0 aliphatic heterocycles. The lowest BCUT2D eigenvalue weighted by molar-refractivity contribution is 0.194. The molecule has 0 bridgehead atoms. The highest BCUT2D eigenvalue weighted by Gasteiger charge is 2.04. The van der Waals surface area contributed by atoms with Gasteiger partial charge in [0.2, 0.25) is 0 Å². The third-order valence-electron chi connectivity index (χ3n) is 2.99. The molecule has 2 N–H and O–H groups in total. The van der Waals surface area contributed by atoms with E-state index < -0.39 is 0 Å². The number of hydrogen-bond donors (Lipinski definition) is 2. The van der Waals surface area contributed by atoms with E-state index in [4.69, 9.17) is 9.47 Å². The van der Waals surface area contributed by atoms with Crippen molar-refractivity contribution >= 4 is 10.9 Å². The minimum absolute atomic E-state index is 0.800. The lowest BCUT2D eigenvalue weighted by Crippen LogP contribution is -2.15. The zero-order valence-electron chi connectivity index (χ0n) is 11.0. The molecule has 98 valence electrons. The number of hydrogen-bond acceptors (Lipinski definition) is 3. The number of aromatic amines is 1. The molecule has 2 rings (SSSR count). The number of nitrogens with one attached hydrogen (secondary N) is 2. The first-order valence-electron chi connectivity index (χ1n) is 6.19. The number of H-pyrrole nitrogens is 1. The summed E-state index contributed by atoms with van der Waals surface area (Å²) in [6, 6.07) is 6.08. The van der Waals surface area contributed by atoms with Crippen molar-refractivity contribution in [2.45, 2.75) is 13.0 Å². The quantitative estimate of drug-likeness (QED) is 0.739. The SMILES string of the molecule is COCCCNCc1c[nH]c2ccc(OC)cc12. The van der Waals surface area contributed by atoms with Gasteiger partial charge in [0.25, 0.3) is 0 Å². The van der Waals surface area contributed by atoms with E-state index in [2.05, 4.69) is 16.4 Å². The fourth-order valence-corrected chi connectivity index (χ4v) is 2.00. The van der Waals surface area contributed by atoms with Gasteiger partial charge in [0.05, 0.1) is 7.11 Å². The smallest absolute Gasteiger partial charge is 0.119 e. The average Bonchev–Trinajstić information content (AvgIpc) is 2.81. The Labute approximate surface area is 107 Å². The monoisotopic (exact) mass is 248 g/mol. The van der Waals surface area contributed by atoms with Crippen LogP contribution in [0.25, 0.3) is 10.9 Å². The van der Waals surface area contributed by atoms with E-state index in [1.807, 2.05) is 18.3 Å². The molecule has 1 aromatic heterocycles. The molecule has 0 radical (unpaired) electrons. The van der Waals surface area contributed by atoms with Crippen LogP contribution in [0.4, 0.5) is 0 Å². The number of rotatable bonds is 7. The predicted octanol–water partition coefficient (Wildman–Crippen LogP) is 2.30. The standard InChI is InChI=1S/C14H20N2O2/c1-17-7-3-6-15-9-11-10-16-14-5-4-12(18-2)8-13(11)14/h4-5,8,10,15-16H,3,6-7,9H2,1-2H3. The number of aromatic nitrogens is 1. The Morgan fingerprint density at radius 1 is 1.28 bits per heavy atom. The van der Waals surface area contributed by atoms with Gasteiger partial charge in [-0.3, -0.25) is 0 Å². The summed E-state index contributed by atoms with van der Waals surface area (Å²) in [4.78, 5) is 3.27. The van der Waals surface area contributed by atoms with Gasteiger partial charge < -0.3 is 19.8 Å². The summed E-state index contributed by atoms with van der Waals surface area (Å²) in [6.07, 6.45) is 3.08. The Kier molecular flexibility index (Phi) is 4.61. The van der Waals surface area contributed by atoms with Crippen LogP contribution in [-0.4, -0.2) is 32.4 Å². The number of fused-ring (bicyclic) bond motifs is 1. The zero-order chi connectivity index (χ0) is 12.8. The molecule has 0 spiro atoms. The van der Waals surface area contributed by atoms with Crippen molar-refractivity contribution < 1.29 is 9.47 Å². The van der Waals surface area contributed by atoms with Crippen molar-refractivity contribution in [3.63, 3.8) is 0 Å². The number of methoxy groups -OCH3 is 2. The van der Waals surface area contributed by atoms with Crippen LogP contribution in [-0.2, 0) is 11.3 Å². The van der Waals surface area contributed by atoms with Crippen LogP contribution < -0.4 is 10.1 Å². The van der Waals surface area contributed by atoms with Gasteiger partial charge in [-0.2, -0.15) is 0 Å². The Hall–Kier alpha value is -1.52. The van der Waals surface area contributed by atoms with E-state index in [-0.39, 0.29) is 0 Å². The van der Waals surface area contributed by atoms with E-state index in [9.17, 15) is 0 Å². The molecule has 0 aliphatic carbocycles. The van der Waals surface area contributed by atoms with Gasteiger partial charge in [-0.05, 0) is 36.7 Å². The molecule has 0 fully saturated rings. The summed E-state index contributed by atoms with van der Waals surface area (Å²) >= 11 is 0. The fraction of sp³-hybridized carbons (Fsp3) is 0.429. The van der Waals surface area contributed by atoms with Crippen LogP contribution in [0.15, 0.2) is 24.4 Å². The van der Waals surface area contributed by atoms with Crippen molar-refractivity contribution in [2.75, 3.05) is 27.4 Å². The van der Waals surface area contributed by atoms with Gasteiger partial charge in [0.1, 0.15) is 5.75 Å². The predicted molar refractivity (Wildman–Crippen MR) is 73.1 cm³/mol. The summed E-state index contributed by atoms with van der Waals surface area (Å²) in [7, 11) is 3.42. The molecular weight excluding hydrogens is 228 g/mol. The van der Waals surface area contributed by atoms with Gasteiger partial charge >= 0.3 is 0 Å². The highest BCUT2D eigenvalue weighted by Crippen LogP contribution is 2.23. The van der Waals surface area contributed by atoms with Crippen molar-refractivity contribution in [3.8, 4) is 5.75 Å². The second-order valence-electron chi connectivity index (χ2n) is 4.25. The largest absolute Gasteiger partial charge is 0.497 e. The summed E-state index contributed by atoms with van der Waals surface area (Å²) in [6.45, 7) is 2.62. The summed E-state index contributed by atoms with van der Waals surface area (Å²) < 4.78 is 10.3. The topological polar surface area (TPSA) is 46.3 Å². The first-order valence-corrected chi connectivity index (χ1v) is 6.19. The first kappa shape index (κ1) is 12.9. The molecule has 0 atom stereocenters. The van der Waals surface area contributed by atoms with Crippen LogP contribution in [0.5, 0.6) is 5.75 Å². The molecule has 0 unspecified atom stereocenters. The van der Waals surface area contributed by atoms with E-state index in [1.54, 1.807) is 14.2 Å². The molecular formula is C14H20N2O2. The highest BCUT2D eigenvalue weighted by molar-refractivity contribution is 5.84. The molecule has 1 aromatic carbocycles. The lowest BCUT2D eigenvalue weighted by Gasteiger charge is -2.04. The zero-order valence-corrected chi connectivity index (χ0v) is 11.0. The Bertz CT molecular complexity index is 493. The Morgan fingerprint density at radius 2 is 2.17 bits per heavy atom. The fourth-order valence-electron chi connectivity index (χ4n) is 2.00. The minimum atomic E-state index is 0.800. The van der Waals surface area contributed by atoms with Gasteiger partial charge in [0.15, 0.2) is 0 Å². The van der Waals surface area contributed by atoms with E-state index in [0.717, 1.165) is 37.4 Å². The molecule has 0 amide bonds. The van der Waals surface area contributed by atoms with Crippen molar-refractivity contribution in [1.82, 2.24) is 10.3 Å². The van der Waals surface area contributed by atoms with Gasteiger partial charge in [-0.1, -0.05) is 0 Å². The highest BCUT2D eigenvalue weighted by atomic mass is 16.5. The van der Waals surface area contributed by atoms with Crippen LogP contribution in [0.1, 0.15) is 12.0 Å². The summed E-state index contributed by atoms with van der Waals surface area (Å²) in [5.74, 6) is 0.891. The molecule has 4 heteroatoms. The van der Waals surface area contributed by atoms with Crippen LogP contribution in [0, 0.1) is 0 Å². The third kappa shape index (κ3) is 3.03. The number of ether oxygens (including phenoxy) is 2. The van der Waals surface area contributed by atoms with Crippen LogP contribution in [0.3, 0.4) is 0 Å².